The predicted octanol–water partition coefficient (Wildman–Crippen LogP) is 1.14. The molecule has 7 heteroatoms. The summed E-state index contributed by atoms with van der Waals surface area (Å²) >= 11 is 1.12. The van der Waals surface area contributed by atoms with Gasteiger partial charge in [0.25, 0.3) is 10.0 Å². The van der Waals surface area contributed by atoms with Crippen LogP contribution in [0.3, 0.4) is 0 Å². The van der Waals surface area contributed by atoms with Crippen molar-refractivity contribution in [3.8, 4) is 0 Å². The number of aliphatic hydroxyl groups excluding tert-OH is 1. The number of nitrogens with zero attached hydrogens (tertiary/aromatic N) is 1. The van der Waals surface area contributed by atoms with Crippen molar-refractivity contribution in [2.45, 2.75) is 37.5 Å². The van der Waals surface area contributed by atoms with Crippen LogP contribution in [0.4, 0.5) is 0 Å². The minimum absolute atomic E-state index is 0.0391. The maximum Gasteiger partial charge on any atom is 0.251 e. The molecule has 0 bridgehead atoms. The van der Waals surface area contributed by atoms with Gasteiger partial charge < -0.3 is 5.11 Å². The molecule has 1 atom stereocenters. The van der Waals surface area contributed by atoms with Crippen LogP contribution in [0.15, 0.2) is 10.4 Å². The van der Waals surface area contributed by atoms with Gasteiger partial charge in [0.1, 0.15) is 0 Å². The standard InChI is InChI=1S/C10H18N2O3S2/c1-7(2)4-9(13)5-12-17(14,15)10-6-11-8(3)16-10/h6-7,9,12-13H,4-5H2,1-3H3. The molecule has 0 aliphatic rings. The van der Waals surface area contributed by atoms with E-state index in [1.165, 1.54) is 6.20 Å². The first-order valence-corrected chi connectivity index (χ1v) is 7.71. The average Bonchev–Trinajstić information content (AvgIpc) is 2.62. The molecular weight excluding hydrogens is 260 g/mol. The molecule has 0 fully saturated rings. The predicted molar refractivity (Wildman–Crippen MR) is 67.5 cm³/mol. The summed E-state index contributed by atoms with van der Waals surface area (Å²) in [4.78, 5) is 3.90. The molecule has 1 aromatic rings. The van der Waals surface area contributed by atoms with Crippen molar-refractivity contribution in [1.29, 1.82) is 0 Å². The molecule has 1 heterocycles. The van der Waals surface area contributed by atoms with E-state index in [0.29, 0.717) is 17.3 Å². The highest BCUT2D eigenvalue weighted by atomic mass is 32.2. The van der Waals surface area contributed by atoms with Gasteiger partial charge in [0.05, 0.1) is 17.3 Å². The Morgan fingerprint density at radius 2 is 2.18 bits per heavy atom. The van der Waals surface area contributed by atoms with E-state index >= 15 is 0 Å². The van der Waals surface area contributed by atoms with Crippen LogP contribution < -0.4 is 4.72 Å². The van der Waals surface area contributed by atoms with Gasteiger partial charge in [0, 0.05) is 6.54 Å². The van der Waals surface area contributed by atoms with E-state index in [4.69, 9.17) is 0 Å². The Morgan fingerprint density at radius 1 is 1.53 bits per heavy atom. The van der Waals surface area contributed by atoms with E-state index in [1.807, 2.05) is 13.8 Å². The second-order valence-electron chi connectivity index (χ2n) is 4.33. The van der Waals surface area contributed by atoms with Crippen LogP contribution in [-0.4, -0.2) is 31.2 Å². The maximum absolute atomic E-state index is 11.8. The zero-order valence-corrected chi connectivity index (χ0v) is 11.8. The van der Waals surface area contributed by atoms with Crippen molar-refractivity contribution in [3.63, 3.8) is 0 Å². The Kier molecular flexibility index (Phi) is 5.05. The summed E-state index contributed by atoms with van der Waals surface area (Å²) in [7, 11) is -3.52. The number of aliphatic hydroxyl groups is 1. The highest BCUT2D eigenvalue weighted by Crippen LogP contribution is 2.17. The Balaban J connectivity index is 2.56. The minimum Gasteiger partial charge on any atom is -0.392 e. The molecule has 98 valence electrons. The number of hydrogen-bond donors (Lipinski definition) is 2. The SMILES string of the molecule is Cc1ncc(S(=O)(=O)NCC(O)CC(C)C)s1. The second kappa shape index (κ2) is 5.90. The summed E-state index contributed by atoms with van der Waals surface area (Å²) in [6, 6.07) is 0. The second-order valence-corrected chi connectivity index (χ2v) is 7.56. The topological polar surface area (TPSA) is 79.3 Å². The molecule has 0 saturated carbocycles. The molecule has 2 N–H and O–H groups in total. The highest BCUT2D eigenvalue weighted by molar-refractivity contribution is 7.91. The van der Waals surface area contributed by atoms with Crippen LogP contribution in [0.2, 0.25) is 0 Å². The van der Waals surface area contributed by atoms with Crippen LogP contribution in [0.5, 0.6) is 0 Å². The number of aryl methyl sites for hydroxylation is 1. The van der Waals surface area contributed by atoms with E-state index in [0.717, 1.165) is 11.3 Å². The van der Waals surface area contributed by atoms with E-state index < -0.39 is 16.1 Å². The van der Waals surface area contributed by atoms with Gasteiger partial charge in [0.2, 0.25) is 0 Å². The van der Waals surface area contributed by atoms with Crippen molar-refractivity contribution >= 4 is 21.4 Å². The van der Waals surface area contributed by atoms with E-state index in [9.17, 15) is 13.5 Å². The molecular formula is C10H18N2O3S2. The van der Waals surface area contributed by atoms with Gasteiger partial charge in [-0.05, 0) is 19.3 Å². The van der Waals surface area contributed by atoms with Gasteiger partial charge in [-0.1, -0.05) is 13.8 Å². The van der Waals surface area contributed by atoms with Crippen molar-refractivity contribution in [3.05, 3.63) is 11.2 Å². The minimum atomic E-state index is -3.52. The fraction of sp³-hybridized carbons (Fsp3) is 0.700. The number of aromatic nitrogens is 1. The maximum atomic E-state index is 11.8. The quantitative estimate of drug-likeness (QED) is 0.817. The normalized spacial score (nSPS) is 14.2. The first-order valence-electron chi connectivity index (χ1n) is 5.41. The molecule has 5 nitrogen and oxygen atoms in total. The summed E-state index contributed by atoms with van der Waals surface area (Å²) in [6.07, 6.45) is 1.25. The van der Waals surface area contributed by atoms with Crippen LogP contribution in [-0.2, 0) is 10.0 Å². The largest absolute Gasteiger partial charge is 0.392 e. The molecule has 1 rings (SSSR count). The van der Waals surface area contributed by atoms with Gasteiger partial charge in [0.15, 0.2) is 4.21 Å². The zero-order valence-electron chi connectivity index (χ0n) is 10.2. The summed E-state index contributed by atoms with van der Waals surface area (Å²) in [6.45, 7) is 5.74. The van der Waals surface area contributed by atoms with Gasteiger partial charge in [-0.2, -0.15) is 0 Å². The van der Waals surface area contributed by atoms with Crippen LogP contribution in [0.25, 0.3) is 0 Å². The first kappa shape index (κ1) is 14.6. The Hall–Kier alpha value is -0.500. The Labute approximate surface area is 106 Å². The third-order valence-electron chi connectivity index (χ3n) is 2.12. The number of nitrogens with one attached hydrogen (secondary N) is 1. The van der Waals surface area contributed by atoms with E-state index in [2.05, 4.69) is 9.71 Å². The molecule has 1 unspecified atom stereocenters. The first-order chi connectivity index (χ1) is 7.81. The lowest BCUT2D eigenvalue weighted by Gasteiger charge is -2.13. The van der Waals surface area contributed by atoms with Crippen molar-refractivity contribution in [1.82, 2.24) is 9.71 Å². The van der Waals surface area contributed by atoms with Crippen LogP contribution in [0, 0.1) is 12.8 Å². The van der Waals surface area contributed by atoms with Crippen LogP contribution in [0.1, 0.15) is 25.3 Å². The third-order valence-corrected chi connectivity index (χ3v) is 4.91. The van der Waals surface area contributed by atoms with Crippen molar-refractivity contribution < 1.29 is 13.5 Å². The van der Waals surface area contributed by atoms with Gasteiger partial charge in [-0.3, -0.25) is 0 Å². The summed E-state index contributed by atoms with van der Waals surface area (Å²) in [5.74, 6) is 0.333. The molecule has 0 radical (unpaired) electrons. The van der Waals surface area contributed by atoms with Crippen molar-refractivity contribution in [2.24, 2.45) is 5.92 Å². The van der Waals surface area contributed by atoms with Gasteiger partial charge in [-0.15, -0.1) is 11.3 Å². The highest BCUT2D eigenvalue weighted by Gasteiger charge is 2.18. The fourth-order valence-corrected chi connectivity index (χ4v) is 3.60. The van der Waals surface area contributed by atoms with Gasteiger partial charge >= 0.3 is 0 Å². The molecule has 1 aromatic heterocycles. The number of hydrogen-bond acceptors (Lipinski definition) is 5. The lowest BCUT2D eigenvalue weighted by molar-refractivity contribution is 0.152. The summed E-state index contributed by atoms with van der Waals surface area (Å²) < 4.78 is 26.1. The lowest BCUT2D eigenvalue weighted by atomic mass is 10.1. The Bertz CT molecular complexity index is 454. The summed E-state index contributed by atoms with van der Waals surface area (Å²) in [5.41, 5.74) is 0. The molecule has 0 saturated heterocycles. The smallest absolute Gasteiger partial charge is 0.251 e. The lowest BCUT2D eigenvalue weighted by Crippen LogP contribution is -2.32. The fourth-order valence-electron chi connectivity index (χ4n) is 1.37. The average molecular weight is 278 g/mol. The number of sulfonamides is 1. The van der Waals surface area contributed by atoms with Gasteiger partial charge in [-0.25, -0.2) is 18.1 Å². The molecule has 0 spiro atoms. The monoisotopic (exact) mass is 278 g/mol. The van der Waals surface area contributed by atoms with Crippen LogP contribution >= 0.6 is 11.3 Å². The summed E-state index contributed by atoms with van der Waals surface area (Å²) in [5, 5.41) is 10.3. The van der Waals surface area contributed by atoms with E-state index in [1.54, 1.807) is 6.92 Å². The molecule has 0 aromatic carbocycles. The molecule has 0 aliphatic carbocycles. The van der Waals surface area contributed by atoms with Crippen molar-refractivity contribution in [2.75, 3.05) is 6.54 Å². The zero-order chi connectivity index (χ0) is 13.1. The molecule has 17 heavy (non-hydrogen) atoms. The molecule has 0 amide bonds. The third kappa shape index (κ3) is 4.71. The Morgan fingerprint density at radius 3 is 2.65 bits per heavy atom. The number of rotatable bonds is 6. The number of thiazole rings is 1. The van der Waals surface area contributed by atoms with E-state index in [-0.39, 0.29) is 10.8 Å². The molecule has 0 aliphatic heterocycles.